The molecule has 0 aliphatic heterocycles. The van der Waals surface area contributed by atoms with Crippen molar-refractivity contribution in [2.75, 3.05) is 0 Å². The van der Waals surface area contributed by atoms with E-state index in [1.165, 1.54) is 53.6 Å². The molecule has 0 aliphatic carbocycles. The van der Waals surface area contributed by atoms with Crippen LogP contribution in [0.4, 0.5) is 4.39 Å². The number of hydrogen-bond donors (Lipinski definition) is 0. The van der Waals surface area contributed by atoms with Crippen molar-refractivity contribution in [2.24, 2.45) is 0 Å². The van der Waals surface area contributed by atoms with Crippen LogP contribution in [-0.4, -0.2) is 19.1 Å². The lowest BCUT2D eigenvalue weighted by atomic mass is 10.1. The molecule has 0 fully saturated rings. The van der Waals surface area contributed by atoms with Crippen LogP contribution in [0.2, 0.25) is 0 Å². The molecule has 3 rings (SSSR count). The van der Waals surface area contributed by atoms with Crippen molar-refractivity contribution in [2.45, 2.75) is 6.54 Å². The molecule has 2 heterocycles. The van der Waals surface area contributed by atoms with E-state index < -0.39 is 17.1 Å². The first kappa shape index (κ1) is 15.3. The second kappa shape index (κ2) is 6.26. The Morgan fingerprint density at radius 1 is 1.21 bits per heavy atom. The molecule has 0 spiro atoms. The van der Waals surface area contributed by atoms with Gasteiger partial charge in [0.15, 0.2) is 0 Å². The maximum atomic E-state index is 13.4. The van der Waals surface area contributed by atoms with E-state index in [1.807, 2.05) is 6.07 Å². The van der Waals surface area contributed by atoms with E-state index in [9.17, 15) is 14.0 Å². The van der Waals surface area contributed by atoms with Crippen LogP contribution < -0.4 is 11.2 Å². The second-order valence-corrected chi connectivity index (χ2v) is 4.88. The van der Waals surface area contributed by atoms with Crippen LogP contribution in [0.5, 0.6) is 0 Å². The first-order valence-corrected chi connectivity index (χ1v) is 6.87. The molecule has 0 unspecified atom stereocenters. The maximum absolute atomic E-state index is 13.4. The molecule has 0 radical (unpaired) electrons. The van der Waals surface area contributed by atoms with Gasteiger partial charge in [-0.1, -0.05) is 0 Å². The van der Waals surface area contributed by atoms with E-state index in [1.54, 1.807) is 0 Å². The Kier molecular flexibility index (Phi) is 3.99. The summed E-state index contributed by atoms with van der Waals surface area (Å²) in [6.07, 6.45) is 3.93. The minimum absolute atomic E-state index is 0.0507. The summed E-state index contributed by atoms with van der Waals surface area (Å²) in [5.74, 6) is -0.379. The number of aromatic nitrogens is 4. The van der Waals surface area contributed by atoms with E-state index in [-0.39, 0.29) is 17.9 Å². The van der Waals surface area contributed by atoms with Crippen molar-refractivity contribution in [1.82, 2.24) is 19.1 Å². The van der Waals surface area contributed by atoms with Gasteiger partial charge >= 0.3 is 5.69 Å². The fourth-order valence-electron chi connectivity index (χ4n) is 2.25. The number of halogens is 1. The zero-order chi connectivity index (χ0) is 17.1. The Labute approximate surface area is 134 Å². The monoisotopic (exact) mass is 323 g/mol. The fourth-order valence-corrected chi connectivity index (χ4v) is 2.25. The molecule has 1 aromatic carbocycles. The van der Waals surface area contributed by atoms with Gasteiger partial charge in [0.1, 0.15) is 18.0 Å². The second-order valence-electron chi connectivity index (χ2n) is 4.88. The summed E-state index contributed by atoms with van der Waals surface area (Å²) in [6.45, 7) is -0.0507. The number of benzene rings is 1. The van der Waals surface area contributed by atoms with Gasteiger partial charge in [0.05, 0.1) is 18.2 Å². The Balaban J connectivity index is 2.12. The average molecular weight is 323 g/mol. The van der Waals surface area contributed by atoms with E-state index in [0.29, 0.717) is 5.56 Å². The summed E-state index contributed by atoms with van der Waals surface area (Å²) >= 11 is 0. The molecule has 118 valence electrons. The molecule has 0 bridgehead atoms. The fraction of sp³-hybridized carbons (Fsp3) is 0.0625. The van der Waals surface area contributed by atoms with Crippen molar-refractivity contribution >= 4 is 0 Å². The molecule has 0 atom stereocenters. The standard InChI is InChI=1S/C16H10FN5O2/c17-13-2-1-11(8-18)12(7-13)9-21-6-4-15(23)22(16(21)24)14-3-5-19-10-20-14/h1-7,10H,9H2. The van der Waals surface area contributed by atoms with E-state index >= 15 is 0 Å². The summed E-state index contributed by atoms with van der Waals surface area (Å²) in [6, 6.07) is 8.28. The minimum Gasteiger partial charge on any atom is -0.296 e. The Morgan fingerprint density at radius 2 is 2.04 bits per heavy atom. The highest BCUT2D eigenvalue weighted by Crippen LogP contribution is 2.11. The van der Waals surface area contributed by atoms with E-state index in [2.05, 4.69) is 9.97 Å². The molecule has 0 saturated carbocycles. The smallest absolute Gasteiger partial charge is 0.296 e. The highest BCUT2D eigenvalue weighted by atomic mass is 19.1. The highest BCUT2D eigenvalue weighted by molar-refractivity contribution is 5.38. The van der Waals surface area contributed by atoms with Crippen LogP contribution in [-0.2, 0) is 6.54 Å². The zero-order valence-corrected chi connectivity index (χ0v) is 12.3. The Morgan fingerprint density at radius 3 is 2.75 bits per heavy atom. The SMILES string of the molecule is N#Cc1ccc(F)cc1Cn1ccc(=O)n(-c2ccncn2)c1=O. The quantitative estimate of drug-likeness (QED) is 0.712. The Hall–Kier alpha value is -3.60. The normalized spacial score (nSPS) is 10.3. The molecule has 0 amide bonds. The van der Waals surface area contributed by atoms with Crippen molar-refractivity contribution < 1.29 is 4.39 Å². The molecule has 2 aromatic heterocycles. The minimum atomic E-state index is -0.644. The van der Waals surface area contributed by atoms with Crippen LogP contribution in [0.1, 0.15) is 11.1 Å². The number of rotatable bonds is 3. The predicted octanol–water partition coefficient (Wildman–Crippen LogP) is 0.848. The molecular weight excluding hydrogens is 313 g/mol. The number of nitriles is 1. The first-order valence-electron chi connectivity index (χ1n) is 6.87. The number of nitrogens with zero attached hydrogens (tertiary/aromatic N) is 5. The van der Waals surface area contributed by atoms with Gasteiger partial charge in [-0.15, -0.1) is 0 Å². The predicted molar refractivity (Wildman–Crippen MR) is 82.1 cm³/mol. The molecule has 0 aliphatic rings. The van der Waals surface area contributed by atoms with Crippen LogP contribution >= 0.6 is 0 Å². The summed E-state index contributed by atoms with van der Waals surface area (Å²) in [4.78, 5) is 32.2. The van der Waals surface area contributed by atoms with Gasteiger partial charge < -0.3 is 0 Å². The third-order valence-electron chi connectivity index (χ3n) is 3.38. The Bertz CT molecular complexity index is 1050. The largest absolute Gasteiger partial charge is 0.337 e. The topological polar surface area (TPSA) is 93.6 Å². The number of hydrogen-bond acceptors (Lipinski definition) is 5. The van der Waals surface area contributed by atoms with Crippen LogP contribution in [0.15, 0.2) is 58.6 Å². The van der Waals surface area contributed by atoms with Crippen molar-refractivity contribution in [1.29, 1.82) is 5.26 Å². The third kappa shape index (κ3) is 2.83. The third-order valence-corrected chi connectivity index (χ3v) is 3.38. The van der Waals surface area contributed by atoms with Crippen molar-refractivity contribution in [3.63, 3.8) is 0 Å². The zero-order valence-electron chi connectivity index (χ0n) is 12.3. The molecular formula is C16H10FN5O2. The molecule has 0 saturated heterocycles. The highest BCUT2D eigenvalue weighted by Gasteiger charge is 2.11. The lowest BCUT2D eigenvalue weighted by Crippen LogP contribution is -2.38. The van der Waals surface area contributed by atoms with Crippen LogP contribution in [0.3, 0.4) is 0 Å². The first-order chi connectivity index (χ1) is 11.6. The summed E-state index contributed by atoms with van der Waals surface area (Å²) in [5, 5.41) is 9.10. The van der Waals surface area contributed by atoms with E-state index in [4.69, 9.17) is 5.26 Å². The van der Waals surface area contributed by atoms with Gasteiger partial charge in [0.2, 0.25) is 0 Å². The summed E-state index contributed by atoms with van der Waals surface area (Å²) in [7, 11) is 0. The van der Waals surface area contributed by atoms with Gasteiger partial charge in [-0.3, -0.25) is 9.36 Å². The van der Waals surface area contributed by atoms with Crippen LogP contribution in [0, 0.1) is 17.1 Å². The summed E-state index contributed by atoms with van der Waals surface area (Å²) < 4.78 is 15.5. The van der Waals surface area contributed by atoms with Gasteiger partial charge in [-0.2, -0.15) is 5.26 Å². The lowest BCUT2D eigenvalue weighted by Gasteiger charge is -2.10. The summed E-state index contributed by atoms with van der Waals surface area (Å²) in [5.41, 5.74) is -0.598. The molecule has 8 heteroatoms. The molecule has 3 aromatic rings. The van der Waals surface area contributed by atoms with Crippen molar-refractivity contribution in [3.8, 4) is 11.9 Å². The van der Waals surface area contributed by atoms with Gasteiger partial charge in [-0.25, -0.2) is 23.7 Å². The lowest BCUT2D eigenvalue weighted by molar-refractivity contribution is 0.619. The maximum Gasteiger partial charge on any atom is 0.337 e. The van der Waals surface area contributed by atoms with Crippen LogP contribution in [0.25, 0.3) is 5.82 Å². The van der Waals surface area contributed by atoms with Gasteiger partial charge in [-0.05, 0) is 29.8 Å². The molecule has 7 nitrogen and oxygen atoms in total. The average Bonchev–Trinajstić information content (AvgIpc) is 2.59. The van der Waals surface area contributed by atoms with Gasteiger partial charge in [0.25, 0.3) is 5.56 Å². The molecule has 24 heavy (non-hydrogen) atoms. The van der Waals surface area contributed by atoms with Gasteiger partial charge in [0, 0.05) is 18.5 Å². The molecule has 0 N–H and O–H groups in total. The van der Waals surface area contributed by atoms with Crippen molar-refractivity contribution in [3.05, 3.63) is 86.8 Å². The van der Waals surface area contributed by atoms with E-state index in [0.717, 1.165) is 4.57 Å².